The number of nitro benzene ring substituents is 1. The van der Waals surface area contributed by atoms with Gasteiger partial charge in [0.1, 0.15) is 11.4 Å². The molecule has 1 fully saturated rings. The third kappa shape index (κ3) is 5.31. The first-order chi connectivity index (χ1) is 18.1. The predicted octanol–water partition coefficient (Wildman–Crippen LogP) is 3.81. The van der Waals surface area contributed by atoms with Gasteiger partial charge in [0.15, 0.2) is 6.10 Å². The highest BCUT2D eigenvalue weighted by atomic mass is 16.6. The number of piperidine rings is 1. The molecule has 38 heavy (non-hydrogen) atoms. The minimum atomic E-state index is -1.26. The molecule has 3 aromatic rings. The van der Waals surface area contributed by atoms with Crippen molar-refractivity contribution in [1.29, 1.82) is 0 Å². The molecular formula is C27H31N5O6. The van der Waals surface area contributed by atoms with Crippen LogP contribution in [0.25, 0.3) is 5.69 Å². The highest BCUT2D eigenvalue weighted by molar-refractivity contribution is 5.98. The van der Waals surface area contributed by atoms with Gasteiger partial charge in [0, 0.05) is 26.2 Å². The van der Waals surface area contributed by atoms with E-state index < -0.39 is 28.5 Å². The first-order valence-corrected chi connectivity index (χ1v) is 12.5. The summed E-state index contributed by atoms with van der Waals surface area (Å²) < 4.78 is 8.35. The highest BCUT2D eigenvalue weighted by Gasteiger charge is 2.27. The van der Waals surface area contributed by atoms with E-state index in [9.17, 15) is 24.5 Å². The lowest BCUT2D eigenvalue weighted by Crippen LogP contribution is -2.34. The summed E-state index contributed by atoms with van der Waals surface area (Å²) in [6.45, 7) is 6.57. The molecule has 11 nitrogen and oxygen atoms in total. The number of aromatic nitrogens is 2. The van der Waals surface area contributed by atoms with Crippen LogP contribution < -0.4 is 15.8 Å². The van der Waals surface area contributed by atoms with Crippen LogP contribution in [-0.4, -0.2) is 45.4 Å². The standard InChI is InChI=1S/C27H31N5O6/c1-17-9-8-14-30(16-17)22-13-12-20(15-23(22)32(36)37)27(35)38-19(3)25(33)28-24-18(2)29(4)31(26(24)34)21-10-6-5-7-11-21/h5-7,10-13,15,17,19H,8-9,14,16H2,1-4H3,(H,28,33)/t17-,19-/m1/s1. The van der Waals surface area contributed by atoms with Gasteiger partial charge in [-0.25, -0.2) is 9.48 Å². The minimum absolute atomic E-state index is 0.0347. The van der Waals surface area contributed by atoms with E-state index in [0.29, 0.717) is 36.1 Å². The summed E-state index contributed by atoms with van der Waals surface area (Å²) in [6, 6.07) is 13.2. The molecule has 1 aliphatic rings. The lowest BCUT2D eigenvalue weighted by atomic mass is 9.99. The number of hydrogen-bond acceptors (Lipinski definition) is 7. The van der Waals surface area contributed by atoms with Crippen molar-refractivity contribution in [2.24, 2.45) is 13.0 Å². The van der Waals surface area contributed by atoms with Crippen molar-refractivity contribution in [2.45, 2.75) is 39.7 Å². The maximum atomic E-state index is 13.0. The Morgan fingerprint density at radius 1 is 1.18 bits per heavy atom. The number of nitro groups is 1. The fraction of sp³-hybridized carbons (Fsp3) is 0.370. The van der Waals surface area contributed by atoms with E-state index in [4.69, 9.17) is 4.74 Å². The fourth-order valence-corrected chi connectivity index (χ4v) is 4.69. The van der Waals surface area contributed by atoms with Crippen LogP contribution in [0.2, 0.25) is 0 Å². The van der Waals surface area contributed by atoms with Crippen molar-refractivity contribution >= 4 is 28.9 Å². The molecule has 1 amide bonds. The Kier molecular flexibility index (Phi) is 7.65. The summed E-state index contributed by atoms with van der Waals surface area (Å²) in [6.07, 6.45) is 0.747. The number of esters is 1. The second-order valence-electron chi connectivity index (χ2n) is 9.63. The van der Waals surface area contributed by atoms with Gasteiger partial charge in [-0.1, -0.05) is 25.1 Å². The number of nitrogens with zero attached hydrogens (tertiary/aromatic N) is 4. The van der Waals surface area contributed by atoms with Crippen LogP contribution in [0.1, 0.15) is 42.7 Å². The van der Waals surface area contributed by atoms with Gasteiger partial charge in [-0.05, 0) is 56.9 Å². The topological polar surface area (TPSA) is 129 Å². The first kappa shape index (κ1) is 26.6. The molecule has 11 heteroatoms. The molecule has 0 aliphatic carbocycles. The number of benzene rings is 2. The smallest absolute Gasteiger partial charge is 0.339 e. The number of carbonyl (C=O) groups excluding carboxylic acids is 2. The average molecular weight is 522 g/mol. The Balaban J connectivity index is 1.49. The average Bonchev–Trinajstić information content (AvgIpc) is 3.11. The van der Waals surface area contributed by atoms with Crippen molar-refractivity contribution < 1.29 is 19.2 Å². The zero-order valence-corrected chi connectivity index (χ0v) is 21.8. The number of nitrogens with one attached hydrogen (secondary N) is 1. The Morgan fingerprint density at radius 3 is 2.55 bits per heavy atom. The quantitative estimate of drug-likeness (QED) is 0.284. The van der Waals surface area contributed by atoms with E-state index in [1.54, 1.807) is 49.0 Å². The lowest BCUT2D eigenvalue weighted by molar-refractivity contribution is -0.384. The summed E-state index contributed by atoms with van der Waals surface area (Å²) in [5, 5.41) is 14.3. The molecule has 4 rings (SSSR count). The van der Waals surface area contributed by atoms with Gasteiger partial charge < -0.3 is 15.0 Å². The van der Waals surface area contributed by atoms with Crippen molar-refractivity contribution in [3.8, 4) is 5.69 Å². The van der Waals surface area contributed by atoms with Gasteiger partial charge in [-0.3, -0.25) is 24.4 Å². The summed E-state index contributed by atoms with van der Waals surface area (Å²) in [7, 11) is 1.70. The summed E-state index contributed by atoms with van der Waals surface area (Å²) in [5.74, 6) is -1.16. The highest BCUT2D eigenvalue weighted by Crippen LogP contribution is 2.32. The van der Waals surface area contributed by atoms with Gasteiger partial charge in [-0.15, -0.1) is 0 Å². The largest absolute Gasteiger partial charge is 0.449 e. The third-order valence-corrected chi connectivity index (χ3v) is 6.86. The van der Waals surface area contributed by atoms with Crippen LogP contribution in [0.3, 0.4) is 0 Å². The number of anilines is 2. The molecule has 1 N–H and O–H groups in total. The minimum Gasteiger partial charge on any atom is -0.449 e. The molecule has 2 aromatic carbocycles. The molecule has 0 radical (unpaired) electrons. The molecule has 2 heterocycles. The van der Waals surface area contributed by atoms with Gasteiger partial charge in [0.25, 0.3) is 17.2 Å². The van der Waals surface area contributed by atoms with Crippen molar-refractivity contribution in [2.75, 3.05) is 23.3 Å². The SMILES string of the molecule is Cc1c(NC(=O)[C@@H](C)OC(=O)c2ccc(N3CCC[C@@H](C)C3)c([N+](=O)[O-])c2)c(=O)n(-c2ccccc2)n1C. The lowest BCUT2D eigenvalue weighted by Gasteiger charge is -2.32. The van der Waals surface area contributed by atoms with E-state index in [2.05, 4.69) is 12.2 Å². The van der Waals surface area contributed by atoms with Crippen LogP contribution in [0.4, 0.5) is 17.1 Å². The van der Waals surface area contributed by atoms with Gasteiger partial charge in [0.2, 0.25) is 0 Å². The van der Waals surface area contributed by atoms with Gasteiger partial charge in [-0.2, -0.15) is 0 Å². The number of ether oxygens (including phenoxy) is 1. The second-order valence-corrected chi connectivity index (χ2v) is 9.63. The predicted molar refractivity (Wildman–Crippen MR) is 143 cm³/mol. The summed E-state index contributed by atoms with van der Waals surface area (Å²) in [4.78, 5) is 51.9. The van der Waals surface area contributed by atoms with Crippen LogP contribution in [0.5, 0.6) is 0 Å². The van der Waals surface area contributed by atoms with Crippen LogP contribution >= 0.6 is 0 Å². The molecular weight excluding hydrogens is 490 g/mol. The molecule has 0 unspecified atom stereocenters. The zero-order chi connectivity index (χ0) is 27.6. The van der Waals surface area contributed by atoms with Crippen LogP contribution in [-0.2, 0) is 16.6 Å². The number of carbonyl (C=O) groups is 2. The molecule has 0 bridgehead atoms. The van der Waals surface area contributed by atoms with E-state index in [1.807, 2.05) is 11.0 Å². The Bertz CT molecular complexity index is 1430. The number of para-hydroxylation sites is 1. The Labute approximate surface area is 219 Å². The van der Waals surface area contributed by atoms with Gasteiger partial charge >= 0.3 is 5.97 Å². The van der Waals surface area contributed by atoms with E-state index in [1.165, 1.54) is 23.7 Å². The Hall–Kier alpha value is -4.41. The third-order valence-electron chi connectivity index (χ3n) is 6.86. The first-order valence-electron chi connectivity index (χ1n) is 12.5. The maximum absolute atomic E-state index is 13.0. The van der Waals surface area contributed by atoms with E-state index in [-0.39, 0.29) is 16.9 Å². The number of amides is 1. The molecule has 1 saturated heterocycles. The maximum Gasteiger partial charge on any atom is 0.339 e. The normalized spacial score (nSPS) is 16.1. The molecule has 0 saturated carbocycles. The summed E-state index contributed by atoms with van der Waals surface area (Å²) in [5.41, 5.74) is 1.02. The fourth-order valence-electron chi connectivity index (χ4n) is 4.69. The monoisotopic (exact) mass is 521 g/mol. The van der Waals surface area contributed by atoms with Crippen LogP contribution in [0.15, 0.2) is 53.3 Å². The second kappa shape index (κ2) is 10.9. The summed E-state index contributed by atoms with van der Waals surface area (Å²) >= 11 is 0. The van der Waals surface area contributed by atoms with Gasteiger partial charge in [0.05, 0.1) is 21.9 Å². The molecule has 1 aliphatic heterocycles. The van der Waals surface area contributed by atoms with E-state index >= 15 is 0 Å². The van der Waals surface area contributed by atoms with Crippen LogP contribution in [0, 0.1) is 23.0 Å². The molecule has 2 atom stereocenters. The Morgan fingerprint density at radius 2 is 1.89 bits per heavy atom. The zero-order valence-electron chi connectivity index (χ0n) is 21.8. The molecule has 1 aromatic heterocycles. The van der Waals surface area contributed by atoms with Crippen molar-refractivity contribution in [3.63, 3.8) is 0 Å². The van der Waals surface area contributed by atoms with Crippen molar-refractivity contribution in [3.05, 3.63) is 80.3 Å². The molecule has 200 valence electrons. The number of rotatable bonds is 7. The van der Waals surface area contributed by atoms with Crippen molar-refractivity contribution in [1.82, 2.24) is 9.36 Å². The molecule has 0 spiro atoms. The van der Waals surface area contributed by atoms with E-state index in [0.717, 1.165) is 12.8 Å². The number of hydrogen-bond donors (Lipinski definition) is 1.